The number of aryl methyl sites for hydroxylation is 1. The van der Waals surface area contributed by atoms with Gasteiger partial charge in [-0.1, -0.05) is 26.0 Å². The highest BCUT2D eigenvalue weighted by Gasteiger charge is 2.16. The summed E-state index contributed by atoms with van der Waals surface area (Å²) >= 11 is 0. The molecule has 1 aromatic rings. The molecule has 102 valence electrons. The van der Waals surface area contributed by atoms with E-state index in [9.17, 15) is 0 Å². The van der Waals surface area contributed by atoms with Crippen molar-refractivity contribution >= 4 is 0 Å². The van der Waals surface area contributed by atoms with Crippen molar-refractivity contribution in [1.29, 1.82) is 0 Å². The first-order valence-electron chi connectivity index (χ1n) is 6.84. The molecule has 0 atom stereocenters. The van der Waals surface area contributed by atoms with E-state index in [4.69, 9.17) is 5.73 Å². The van der Waals surface area contributed by atoms with Crippen molar-refractivity contribution in [3.8, 4) is 0 Å². The molecule has 0 radical (unpaired) electrons. The molecule has 0 bridgehead atoms. The van der Waals surface area contributed by atoms with Gasteiger partial charge in [-0.3, -0.25) is 0 Å². The van der Waals surface area contributed by atoms with Gasteiger partial charge in [0.05, 0.1) is 0 Å². The van der Waals surface area contributed by atoms with Crippen LogP contribution in [0.1, 0.15) is 42.5 Å². The Hall–Kier alpha value is -0.860. The zero-order valence-corrected chi connectivity index (χ0v) is 12.6. The largest absolute Gasteiger partial charge is 0.330 e. The lowest BCUT2D eigenvalue weighted by molar-refractivity contribution is 0.319. The molecule has 2 nitrogen and oxygen atoms in total. The van der Waals surface area contributed by atoms with Gasteiger partial charge >= 0.3 is 0 Å². The highest BCUT2D eigenvalue weighted by Crippen LogP contribution is 2.19. The third-order valence-electron chi connectivity index (χ3n) is 3.91. The van der Waals surface area contributed by atoms with Crippen LogP contribution in [-0.2, 0) is 6.54 Å². The van der Waals surface area contributed by atoms with Crippen molar-refractivity contribution in [2.45, 2.75) is 47.6 Å². The number of rotatable bonds is 6. The maximum absolute atomic E-state index is 5.63. The normalized spacial score (nSPS) is 11.9. The summed E-state index contributed by atoms with van der Waals surface area (Å²) in [5.74, 6) is 0. The summed E-state index contributed by atoms with van der Waals surface area (Å²) in [5.41, 5.74) is 11.5. The minimum Gasteiger partial charge on any atom is -0.330 e. The van der Waals surface area contributed by atoms with E-state index in [2.05, 4.69) is 52.1 Å². The molecule has 0 unspecified atom stereocenters. The van der Waals surface area contributed by atoms with Crippen LogP contribution in [0.3, 0.4) is 0 Å². The van der Waals surface area contributed by atoms with Crippen molar-refractivity contribution < 1.29 is 0 Å². The van der Waals surface area contributed by atoms with Crippen LogP contribution in [0.25, 0.3) is 0 Å². The molecule has 1 aromatic carbocycles. The summed E-state index contributed by atoms with van der Waals surface area (Å²) in [4.78, 5) is 0. The highest BCUT2D eigenvalue weighted by atomic mass is 14.9. The average Bonchev–Trinajstić information content (AvgIpc) is 2.29. The van der Waals surface area contributed by atoms with Gasteiger partial charge in [-0.15, -0.1) is 0 Å². The van der Waals surface area contributed by atoms with E-state index in [1.54, 1.807) is 0 Å². The third kappa shape index (κ3) is 4.11. The van der Waals surface area contributed by atoms with Crippen LogP contribution < -0.4 is 11.1 Å². The Kier molecular flexibility index (Phi) is 5.36. The van der Waals surface area contributed by atoms with E-state index >= 15 is 0 Å². The van der Waals surface area contributed by atoms with E-state index in [-0.39, 0.29) is 5.41 Å². The molecule has 0 aliphatic rings. The SMILES string of the molecule is Cc1ccc(CNCC(C)(C)CCN)c(C)c1C. The number of hydrogen-bond donors (Lipinski definition) is 2. The fourth-order valence-electron chi connectivity index (χ4n) is 2.22. The fraction of sp³-hybridized carbons (Fsp3) is 0.625. The molecule has 0 saturated carbocycles. The summed E-state index contributed by atoms with van der Waals surface area (Å²) in [5, 5.41) is 3.56. The molecular formula is C16H28N2. The third-order valence-corrected chi connectivity index (χ3v) is 3.91. The number of benzene rings is 1. The molecule has 2 heteroatoms. The van der Waals surface area contributed by atoms with Gasteiger partial charge in [-0.2, -0.15) is 0 Å². The summed E-state index contributed by atoms with van der Waals surface area (Å²) in [6, 6.07) is 4.45. The van der Waals surface area contributed by atoms with Crippen molar-refractivity contribution in [3.63, 3.8) is 0 Å². The summed E-state index contributed by atoms with van der Waals surface area (Å²) in [7, 11) is 0. The first-order valence-corrected chi connectivity index (χ1v) is 6.84. The Morgan fingerprint density at radius 1 is 1.11 bits per heavy atom. The Balaban J connectivity index is 2.57. The lowest BCUT2D eigenvalue weighted by Gasteiger charge is -2.24. The van der Waals surface area contributed by atoms with Crippen molar-refractivity contribution in [3.05, 3.63) is 34.4 Å². The Morgan fingerprint density at radius 3 is 2.39 bits per heavy atom. The monoisotopic (exact) mass is 248 g/mol. The van der Waals surface area contributed by atoms with E-state index in [1.165, 1.54) is 22.3 Å². The van der Waals surface area contributed by atoms with E-state index < -0.39 is 0 Å². The summed E-state index contributed by atoms with van der Waals surface area (Å²) in [6.45, 7) is 13.8. The molecule has 0 spiro atoms. The second-order valence-corrected chi connectivity index (χ2v) is 6.10. The van der Waals surface area contributed by atoms with Gasteiger partial charge in [-0.25, -0.2) is 0 Å². The molecule has 0 heterocycles. The average molecular weight is 248 g/mol. The van der Waals surface area contributed by atoms with Gasteiger partial charge in [0.2, 0.25) is 0 Å². The van der Waals surface area contributed by atoms with Crippen LogP contribution in [0.5, 0.6) is 0 Å². The second kappa shape index (κ2) is 6.35. The molecule has 0 saturated heterocycles. The Morgan fingerprint density at radius 2 is 1.78 bits per heavy atom. The molecule has 3 N–H and O–H groups in total. The summed E-state index contributed by atoms with van der Waals surface area (Å²) in [6.07, 6.45) is 1.06. The smallest absolute Gasteiger partial charge is 0.0208 e. The first-order chi connectivity index (χ1) is 8.37. The lowest BCUT2D eigenvalue weighted by atomic mass is 9.89. The predicted molar refractivity (Wildman–Crippen MR) is 79.8 cm³/mol. The van der Waals surface area contributed by atoms with Gasteiger partial charge in [0.25, 0.3) is 0 Å². The lowest BCUT2D eigenvalue weighted by Crippen LogP contribution is -2.31. The molecule has 0 amide bonds. The molecule has 18 heavy (non-hydrogen) atoms. The van der Waals surface area contributed by atoms with E-state index in [0.717, 1.165) is 26.1 Å². The van der Waals surface area contributed by atoms with Crippen molar-refractivity contribution in [2.24, 2.45) is 11.1 Å². The topological polar surface area (TPSA) is 38.0 Å². The van der Waals surface area contributed by atoms with Crippen molar-refractivity contribution in [1.82, 2.24) is 5.32 Å². The van der Waals surface area contributed by atoms with Gasteiger partial charge < -0.3 is 11.1 Å². The van der Waals surface area contributed by atoms with Crippen LogP contribution in [-0.4, -0.2) is 13.1 Å². The molecule has 0 aliphatic carbocycles. The first kappa shape index (κ1) is 15.2. The van der Waals surface area contributed by atoms with E-state index in [1.807, 2.05) is 0 Å². The quantitative estimate of drug-likeness (QED) is 0.812. The van der Waals surface area contributed by atoms with Crippen LogP contribution in [0, 0.1) is 26.2 Å². The molecule has 0 aliphatic heterocycles. The number of nitrogens with two attached hydrogens (primary N) is 1. The molecule has 0 aromatic heterocycles. The second-order valence-electron chi connectivity index (χ2n) is 6.10. The zero-order chi connectivity index (χ0) is 13.8. The van der Waals surface area contributed by atoms with Crippen LogP contribution in [0.4, 0.5) is 0 Å². The Bertz CT molecular complexity index is 394. The van der Waals surface area contributed by atoms with Crippen LogP contribution >= 0.6 is 0 Å². The minimum atomic E-state index is 0.280. The van der Waals surface area contributed by atoms with Gasteiger partial charge in [0.1, 0.15) is 0 Å². The van der Waals surface area contributed by atoms with Gasteiger partial charge in [-0.05, 0) is 61.4 Å². The highest BCUT2D eigenvalue weighted by molar-refractivity contribution is 5.38. The molecule has 1 rings (SSSR count). The van der Waals surface area contributed by atoms with Gasteiger partial charge in [0.15, 0.2) is 0 Å². The fourth-order valence-corrected chi connectivity index (χ4v) is 2.22. The number of hydrogen-bond acceptors (Lipinski definition) is 2. The van der Waals surface area contributed by atoms with E-state index in [0.29, 0.717) is 0 Å². The standard InChI is InChI=1S/C16H28N2/c1-12-6-7-15(14(3)13(12)2)10-18-11-16(4,5)8-9-17/h6-7,18H,8-11,17H2,1-5H3. The molecule has 0 fully saturated rings. The summed E-state index contributed by atoms with van der Waals surface area (Å²) < 4.78 is 0. The zero-order valence-electron chi connectivity index (χ0n) is 12.6. The van der Waals surface area contributed by atoms with Crippen molar-refractivity contribution in [2.75, 3.05) is 13.1 Å². The Labute approximate surface area is 112 Å². The maximum atomic E-state index is 5.63. The maximum Gasteiger partial charge on any atom is 0.0208 e. The number of nitrogens with one attached hydrogen (secondary N) is 1. The predicted octanol–water partition coefficient (Wildman–Crippen LogP) is 3.08. The van der Waals surface area contributed by atoms with Crippen LogP contribution in [0.2, 0.25) is 0 Å². The molecular weight excluding hydrogens is 220 g/mol. The minimum absolute atomic E-state index is 0.280. The van der Waals surface area contributed by atoms with Gasteiger partial charge in [0, 0.05) is 13.1 Å². The van der Waals surface area contributed by atoms with Crippen LogP contribution in [0.15, 0.2) is 12.1 Å².